The second kappa shape index (κ2) is 6.74. The monoisotopic (exact) mass is 383 g/mol. The van der Waals surface area contributed by atoms with Crippen molar-refractivity contribution in [3.8, 4) is 22.3 Å². The molecule has 4 N–H and O–H groups in total. The number of rotatable bonds is 3. The van der Waals surface area contributed by atoms with Gasteiger partial charge in [0.1, 0.15) is 17.8 Å². The fourth-order valence-corrected chi connectivity index (χ4v) is 4.41. The number of amides is 1. The van der Waals surface area contributed by atoms with Crippen LogP contribution >= 0.6 is 0 Å². The first-order valence-corrected chi connectivity index (χ1v) is 9.76. The van der Waals surface area contributed by atoms with Gasteiger partial charge in [0.25, 0.3) is 0 Å². The van der Waals surface area contributed by atoms with Gasteiger partial charge in [-0.05, 0) is 48.1 Å². The van der Waals surface area contributed by atoms with Crippen LogP contribution in [0.1, 0.15) is 28.9 Å². The van der Waals surface area contributed by atoms with Crippen molar-refractivity contribution in [1.29, 1.82) is 0 Å². The number of aromatic nitrogens is 3. The highest BCUT2D eigenvalue weighted by atomic mass is 16.1. The van der Waals surface area contributed by atoms with Crippen LogP contribution in [0.5, 0.6) is 0 Å². The zero-order valence-electron chi connectivity index (χ0n) is 15.9. The molecule has 2 aromatic heterocycles. The maximum absolute atomic E-state index is 11.9. The van der Waals surface area contributed by atoms with Crippen LogP contribution < -0.4 is 11.5 Å². The van der Waals surface area contributed by atoms with E-state index in [-0.39, 0.29) is 0 Å². The minimum atomic E-state index is -0.435. The van der Waals surface area contributed by atoms with E-state index in [0.29, 0.717) is 11.4 Å². The third kappa shape index (κ3) is 2.76. The zero-order valence-corrected chi connectivity index (χ0v) is 15.9. The molecular formula is C23H21N5O. The molecule has 0 atom stereocenters. The molecule has 1 aliphatic heterocycles. The SMILES string of the molecule is NC(=O)c1ccccc1-c1cccc(-c2c3n(c4ncnc(N)c24)CCCC3)c1. The highest BCUT2D eigenvalue weighted by molar-refractivity contribution is 6.04. The van der Waals surface area contributed by atoms with Crippen LogP contribution in [0.25, 0.3) is 33.3 Å². The Morgan fingerprint density at radius 2 is 1.83 bits per heavy atom. The van der Waals surface area contributed by atoms with E-state index >= 15 is 0 Å². The largest absolute Gasteiger partial charge is 0.383 e. The molecular weight excluding hydrogens is 362 g/mol. The Labute approximate surface area is 168 Å². The standard InChI is InChI=1S/C23H21N5O/c24-21-20-19(18-10-3-4-11-28(18)23(20)27-13-26-21)15-7-5-6-14(12-15)16-8-1-2-9-17(16)22(25)29/h1-2,5-9,12-13H,3-4,10-11H2,(H2,25,29)(H2,24,26,27). The Morgan fingerprint density at radius 1 is 1.00 bits per heavy atom. The van der Waals surface area contributed by atoms with E-state index in [1.807, 2.05) is 30.3 Å². The predicted octanol–water partition coefficient (Wildman–Crippen LogP) is 3.78. The molecule has 144 valence electrons. The van der Waals surface area contributed by atoms with E-state index in [9.17, 15) is 4.79 Å². The zero-order chi connectivity index (χ0) is 20.0. The molecule has 0 radical (unpaired) electrons. The summed E-state index contributed by atoms with van der Waals surface area (Å²) in [6, 6.07) is 15.6. The summed E-state index contributed by atoms with van der Waals surface area (Å²) in [5.74, 6) is 0.0604. The number of nitrogens with two attached hydrogens (primary N) is 2. The van der Waals surface area contributed by atoms with Crippen molar-refractivity contribution in [2.24, 2.45) is 5.73 Å². The topological polar surface area (TPSA) is 99.8 Å². The number of nitrogens with zero attached hydrogens (tertiary/aromatic N) is 3. The van der Waals surface area contributed by atoms with Crippen molar-refractivity contribution in [2.45, 2.75) is 25.8 Å². The molecule has 1 aliphatic rings. The van der Waals surface area contributed by atoms with Crippen molar-refractivity contribution in [3.63, 3.8) is 0 Å². The highest BCUT2D eigenvalue weighted by Crippen LogP contribution is 2.40. The maximum atomic E-state index is 11.9. The summed E-state index contributed by atoms with van der Waals surface area (Å²) in [6.45, 7) is 0.937. The third-order valence-electron chi connectivity index (χ3n) is 5.68. The Kier molecular flexibility index (Phi) is 4.05. The van der Waals surface area contributed by atoms with Gasteiger partial charge in [0, 0.05) is 23.4 Å². The molecule has 4 aromatic rings. The lowest BCUT2D eigenvalue weighted by atomic mass is 9.93. The lowest BCUT2D eigenvalue weighted by Crippen LogP contribution is -2.12. The Hall–Kier alpha value is -3.67. The van der Waals surface area contributed by atoms with Gasteiger partial charge >= 0.3 is 0 Å². The normalized spacial score (nSPS) is 13.4. The van der Waals surface area contributed by atoms with E-state index in [0.717, 1.165) is 59.1 Å². The molecule has 0 saturated carbocycles. The lowest BCUT2D eigenvalue weighted by molar-refractivity contribution is 0.100. The smallest absolute Gasteiger partial charge is 0.249 e. The summed E-state index contributed by atoms with van der Waals surface area (Å²) >= 11 is 0. The maximum Gasteiger partial charge on any atom is 0.249 e. The van der Waals surface area contributed by atoms with Crippen LogP contribution in [-0.4, -0.2) is 20.4 Å². The molecule has 2 aromatic carbocycles. The summed E-state index contributed by atoms with van der Waals surface area (Å²) in [4.78, 5) is 20.7. The molecule has 1 amide bonds. The molecule has 0 unspecified atom stereocenters. The van der Waals surface area contributed by atoms with E-state index in [4.69, 9.17) is 11.5 Å². The van der Waals surface area contributed by atoms with Gasteiger partial charge in [-0.15, -0.1) is 0 Å². The number of hydrogen-bond donors (Lipinski definition) is 2. The van der Waals surface area contributed by atoms with Crippen molar-refractivity contribution < 1.29 is 4.79 Å². The fraction of sp³-hybridized carbons (Fsp3) is 0.174. The van der Waals surface area contributed by atoms with Crippen LogP contribution in [0.3, 0.4) is 0 Å². The Balaban J connectivity index is 1.76. The first-order chi connectivity index (χ1) is 14.1. The van der Waals surface area contributed by atoms with Crippen LogP contribution in [-0.2, 0) is 13.0 Å². The molecule has 0 bridgehead atoms. The summed E-state index contributed by atoms with van der Waals surface area (Å²) in [6.07, 6.45) is 4.78. The van der Waals surface area contributed by atoms with Crippen LogP contribution in [0, 0.1) is 0 Å². The van der Waals surface area contributed by atoms with Crippen molar-refractivity contribution in [1.82, 2.24) is 14.5 Å². The highest BCUT2D eigenvalue weighted by Gasteiger charge is 2.24. The number of fused-ring (bicyclic) bond motifs is 3. The first-order valence-electron chi connectivity index (χ1n) is 9.76. The van der Waals surface area contributed by atoms with E-state index in [1.54, 1.807) is 6.07 Å². The van der Waals surface area contributed by atoms with Gasteiger partial charge in [-0.2, -0.15) is 0 Å². The number of benzene rings is 2. The summed E-state index contributed by atoms with van der Waals surface area (Å²) < 4.78 is 2.27. The molecule has 0 spiro atoms. The molecule has 6 heteroatoms. The van der Waals surface area contributed by atoms with Gasteiger partial charge in [0.2, 0.25) is 5.91 Å². The second-order valence-electron chi connectivity index (χ2n) is 7.38. The third-order valence-corrected chi connectivity index (χ3v) is 5.68. The number of primary amides is 1. The summed E-state index contributed by atoms with van der Waals surface area (Å²) in [7, 11) is 0. The minimum Gasteiger partial charge on any atom is -0.383 e. The van der Waals surface area contributed by atoms with E-state index < -0.39 is 5.91 Å². The van der Waals surface area contributed by atoms with Gasteiger partial charge in [0.15, 0.2) is 0 Å². The number of carbonyl (C=O) groups excluding carboxylic acids is 1. The minimum absolute atomic E-state index is 0.435. The average Bonchev–Trinajstić information content (AvgIpc) is 3.10. The second-order valence-corrected chi connectivity index (χ2v) is 7.38. The molecule has 29 heavy (non-hydrogen) atoms. The van der Waals surface area contributed by atoms with E-state index in [1.165, 1.54) is 12.0 Å². The molecule has 0 aliphatic carbocycles. The van der Waals surface area contributed by atoms with Crippen LogP contribution in [0.4, 0.5) is 5.82 Å². The van der Waals surface area contributed by atoms with E-state index in [2.05, 4.69) is 26.7 Å². The number of aryl methyl sites for hydroxylation is 1. The molecule has 3 heterocycles. The Bertz CT molecular complexity index is 1260. The van der Waals surface area contributed by atoms with Gasteiger partial charge in [-0.25, -0.2) is 9.97 Å². The van der Waals surface area contributed by atoms with Gasteiger partial charge in [-0.3, -0.25) is 4.79 Å². The molecule has 0 saturated heterocycles. The van der Waals surface area contributed by atoms with Crippen LogP contribution in [0.2, 0.25) is 0 Å². The molecule has 0 fully saturated rings. The lowest BCUT2D eigenvalue weighted by Gasteiger charge is -2.17. The van der Waals surface area contributed by atoms with Gasteiger partial charge in [-0.1, -0.05) is 36.4 Å². The van der Waals surface area contributed by atoms with Crippen molar-refractivity contribution in [3.05, 3.63) is 66.1 Å². The van der Waals surface area contributed by atoms with Gasteiger partial charge < -0.3 is 16.0 Å². The average molecular weight is 383 g/mol. The van der Waals surface area contributed by atoms with Crippen molar-refractivity contribution >= 4 is 22.8 Å². The fourth-order valence-electron chi connectivity index (χ4n) is 4.41. The number of carbonyl (C=O) groups is 1. The number of nitrogen functional groups attached to an aromatic ring is 1. The number of hydrogen-bond acceptors (Lipinski definition) is 4. The summed E-state index contributed by atoms with van der Waals surface area (Å²) in [5.41, 5.74) is 18.4. The van der Waals surface area contributed by atoms with Crippen molar-refractivity contribution in [2.75, 3.05) is 5.73 Å². The van der Waals surface area contributed by atoms with Crippen LogP contribution in [0.15, 0.2) is 54.9 Å². The number of anilines is 1. The summed E-state index contributed by atoms with van der Waals surface area (Å²) in [5, 5.41) is 0.907. The molecule has 6 nitrogen and oxygen atoms in total. The predicted molar refractivity (Wildman–Crippen MR) is 114 cm³/mol. The first kappa shape index (κ1) is 17.4. The van der Waals surface area contributed by atoms with Gasteiger partial charge in [0.05, 0.1) is 5.39 Å². The molecule has 5 rings (SSSR count). The Morgan fingerprint density at radius 3 is 2.69 bits per heavy atom. The quantitative estimate of drug-likeness (QED) is 0.562.